The highest BCUT2D eigenvalue weighted by molar-refractivity contribution is 7.99. The molecule has 0 spiro atoms. The third kappa shape index (κ3) is 4.58. The van der Waals surface area contributed by atoms with Crippen molar-refractivity contribution >= 4 is 29.3 Å². The molecule has 0 saturated carbocycles. The summed E-state index contributed by atoms with van der Waals surface area (Å²) in [7, 11) is 0. The van der Waals surface area contributed by atoms with E-state index >= 15 is 0 Å². The van der Waals surface area contributed by atoms with E-state index in [4.69, 9.17) is 4.74 Å². The number of hydrogen-bond acceptors (Lipinski definition) is 6. The van der Waals surface area contributed by atoms with Gasteiger partial charge in [-0.25, -0.2) is 0 Å². The van der Waals surface area contributed by atoms with Crippen LogP contribution in [-0.2, 0) is 20.9 Å². The van der Waals surface area contributed by atoms with Gasteiger partial charge in [0.1, 0.15) is 0 Å². The first-order chi connectivity index (χ1) is 11.5. The number of carbonyl (C=O) groups excluding carboxylic acids is 2. The second-order valence-corrected chi connectivity index (χ2v) is 5.85. The molecule has 24 heavy (non-hydrogen) atoms. The van der Waals surface area contributed by atoms with E-state index in [1.165, 1.54) is 18.7 Å². The molecule has 1 N–H and O–H groups in total. The number of amides is 1. The van der Waals surface area contributed by atoms with Crippen LogP contribution in [-0.4, -0.2) is 39.0 Å². The molecule has 0 fully saturated rings. The molecule has 1 heterocycles. The van der Waals surface area contributed by atoms with Crippen LogP contribution in [0.1, 0.15) is 20.8 Å². The quantitative estimate of drug-likeness (QED) is 0.611. The van der Waals surface area contributed by atoms with Crippen LogP contribution in [0.25, 0.3) is 11.4 Å². The van der Waals surface area contributed by atoms with Crippen molar-refractivity contribution in [2.75, 3.05) is 17.7 Å². The maximum atomic E-state index is 11.5. The topological polar surface area (TPSA) is 86.1 Å². The maximum Gasteiger partial charge on any atom is 0.316 e. The molecule has 2 aromatic rings. The fourth-order valence-corrected chi connectivity index (χ4v) is 2.93. The zero-order valence-electron chi connectivity index (χ0n) is 13.9. The predicted molar refractivity (Wildman–Crippen MR) is 92.8 cm³/mol. The summed E-state index contributed by atoms with van der Waals surface area (Å²) in [6.45, 7) is 6.29. The van der Waals surface area contributed by atoms with Crippen molar-refractivity contribution in [3.63, 3.8) is 0 Å². The summed E-state index contributed by atoms with van der Waals surface area (Å²) < 4.78 is 6.86. The smallest absolute Gasteiger partial charge is 0.316 e. The fraction of sp³-hybridized carbons (Fsp3) is 0.375. The Hall–Kier alpha value is -2.35. The van der Waals surface area contributed by atoms with Crippen molar-refractivity contribution < 1.29 is 14.3 Å². The predicted octanol–water partition coefficient (Wildman–Crippen LogP) is 2.58. The minimum atomic E-state index is -0.269. The lowest BCUT2D eigenvalue weighted by Crippen LogP contribution is -2.08. The number of nitrogens with one attached hydrogen (secondary N) is 1. The third-order valence-electron chi connectivity index (χ3n) is 3.12. The first-order valence-corrected chi connectivity index (χ1v) is 8.63. The lowest BCUT2D eigenvalue weighted by Gasteiger charge is -2.08. The molecular weight excluding hydrogens is 328 g/mol. The number of nitrogens with zero attached hydrogens (tertiary/aromatic N) is 3. The van der Waals surface area contributed by atoms with Gasteiger partial charge in [-0.3, -0.25) is 9.59 Å². The Morgan fingerprint density at radius 1 is 1.21 bits per heavy atom. The molecule has 1 aromatic carbocycles. The number of esters is 1. The monoisotopic (exact) mass is 348 g/mol. The molecule has 0 saturated heterocycles. The molecule has 0 bridgehead atoms. The molecule has 0 radical (unpaired) electrons. The average Bonchev–Trinajstić information content (AvgIpc) is 2.96. The number of thioether (sulfide) groups is 1. The average molecular weight is 348 g/mol. The van der Waals surface area contributed by atoms with Crippen LogP contribution in [0.5, 0.6) is 0 Å². The minimum Gasteiger partial charge on any atom is -0.465 e. The van der Waals surface area contributed by atoms with E-state index in [1.807, 2.05) is 35.8 Å². The van der Waals surface area contributed by atoms with Gasteiger partial charge in [-0.15, -0.1) is 10.2 Å². The standard InChI is InChI=1S/C16H20N4O3S/c1-4-20-15(12-6-8-13(9-7-12)17-11(3)21)18-19-16(20)24-10-14(22)23-5-2/h6-9H,4-5,10H2,1-3H3,(H,17,21). The molecule has 0 unspecified atom stereocenters. The molecule has 0 aliphatic rings. The first-order valence-electron chi connectivity index (χ1n) is 7.64. The molecule has 0 aliphatic carbocycles. The van der Waals surface area contributed by atoms with Crippen LogP contribution < -0.4 is 5.32 Å². The minimum absolute atomic E-state index is 0.114. The Balaban J connectivity index is 2.16. The molecule has 1 aromatic heterocycles. The number of hydrogen-bond donors (Lipinski definition) is 1. The molecule has 2 rings (SSSR count). The van der Waals surface area contributed by atoms with Gasteiger partial charge in [0.05, 0.1) is 12.4 Å². The van der Waals surface area contributed by atoms with Crippen LogP contribution in [0.4, 0.5) is 5.69 Å². The molecule has 128 valence electrons. The van der Waals surface area contributed by atoms with E-state index < -0.39 is 0 Å². The van der Waals surface area contributed by atoms with Crippen molar-refractivity contribution in [1.82, 2.24) is 14.8 Å². The van der Waals surface area contributed by atoms with Crippen LogP contribution in [0.15, 0.2) is 29.4 Å². The fourth-order valence-electron chi connectivity index (χ4n) is 2.13. The zero-order chi connectivity index (χ0) is 17.5. The normalized spacial score (nSPS) is 10.5. The summed E-state index contributed by atoms with van der Waals surface area (Å²) in [5.74, 6) is 0.540. The highest BCUT2D eigenvalue weighted by atomic mass is 32.2. The Morgan fingerprint density at radius 3 is 2.50 bits per heavy atom. The van der Waals surface area contributed by atoms with E-state index in [1.54, 1.807) is 6.92 Å². The van der Waals surface area contributed by atoms with Crippen LogP contribution in [0.2, 0.25) is 0 Å². The summed E-state index contributed by atoms with van der Waals surface area (Å²) in [6, 6.07) is 7.39. The van der Waals surface area contributed by atoms with Crippen LogP contribution >= 0.6 is 11.8 Å². The van der Waals surface area contributed by atoms with Gasteiger partial charge >= 0.3 is 5.97 Å². The van der Waals surface area contributed by atoms with E-state index in [0.29, 0.717) is 18.3 Å². The van der Waals surface area contributed by atoms with Crippen molar-refractivity contribution in [3.8, 4) is 11.4 Å². The summed E-state index contributed by atoms with van der Waals surface area (Å²) in [6.07, 6.45) is 0. The van der Waals surface area contributed by atoms with Gasteiger partial charge in [0.2, 0.25) is 5.91 Å². The SMILES string of the molecule is CCOC(=O)CSc1nnc(-c2ccc(NC(C)=O)cc2)n1CC. The molecular formula is C16H20N4O3S. The molecule has 8 heteroatoms. The van der Waals surface area contributed by atoms with Gasteiger partial charge in [0.25, 0.3) is 0 Å². The van der Waals surface area contributed by atoms with Crippen molar-refractivity contribution in [2.24, 2.45) is 0 Å². The van der Waals surface area contributed by atoms with E-state index in [2.05, 4.69) is 15.5 Å². The van der Waals surface area contributed by atoms with E-state index in [-0.39, 0.29) is 17.6 Å². The maximum absolute atomic E-state index is 11.5. The summed E-state index contributed by atoms with van der Waals surface area (Å²) in [5.41, 5.74) is 1.62. The molecule has 0 atom stereocenters. The summed E-state index contributed by atoms with van der Waals surface area (Å²) >= 11 is 1.30. The highest BCUT2D eigenvalue weighted by Gasteiger charge is 2.15. The molecule has 7 nitrogen and oxygen atoms in total. The Bertz CT molecular complexity index is 713. The van der Waals surface area contributed by atoms with Crippen molar-refractivity contribution in [2.45, 2.75) is 32.5 Å². The Morgan fingerprint density at radius 2 is 1.92 bits per heavy atom. The lowest BCUT2D eigenvalue weighted by molar-refractivity contribution is -0.139. The van der Waals surface area contributed by atoms with Crippen LogP contribution in [0.3, 0.4) is 0 Å². The first kappa shape index (κ1) is 18.0. The van der Waals surface area contributed by atoms with Gasteiger partial charge in [0, 0.05) is 24.7 Å². The Kier molecular flexibility index (Phi) is 6.36. The second kappa shape index (κ2) is 8.49. The largest absolute Gasteiger partial charge is 0.465 e. The zero-order valence-corrected chi connectivity index (χ0v) is 14.7. The van der Waals surface area contributed by atoms with Gasteiger partial charge in [-0.1, -0.05) is 11.8 Å². The van der Waals surface area contributed by atoms with Gasteiger partial charge in [-0.2, -0.15) is 0 Å². The molecule has 0 aliphatic heterocycles. The van der Waals surface area contributed by atoms with Gasteiger partial charge in [-0.05, 0) is 38.1 Å². The molecule has 1 amide bonds. The van der Waals surface area contributed by atoms with Crippen molar-refractivity contribution in [3.05, 3.63) is 24.3 Å². The lowest BCUT2D eigenvalue weighted by atomic mass is 10.2. The number of benzene rings is 1. The number of rotatable bonds is 7. The van der Waals surface area contributed by atoms with Gasteiger partial charge in [0.15, 0.2) is 11.0 Å². The number of anilines is 1. The number of aromatic nitrogens is 3. The van der Waals surface area contributed by atoms with E-state index in [9.17, 15) is 9.59 Å². The van der Waals surface area contributed by atoms with Crippen LogP contribution in [0, 0.1) is 0 Å². The van der Waals surface area contributed by atoms with Crippen molar-refractivity contribution in [1.29, 1.82) is 0 Å². The Labute approximate surface area is 144 Å². The summed E-state index contributed by atoms with van der Waals surface area (Å²) in [5, 5.41) is 11.8. The third-order valence-corrected chi connectivity index (χ3v) is 4.06. The van der Waals surface area contributed by atoms with Gasteiger partial charge < -0.3 is 14.6 Å². The number of ether oxygens (including phenoxy) is 1. The highest BCUT2D eigenvalue weighted by Crippen LogP contribution is 2.25. The van der Waals surface area contributed by atoms with E-state index in [0.717, 1.165) is 17.1 Å². The number of carbonyl (C=O) groups is 2. The summed E-state index contributed by atoms with van der Waals surface area (Å²) in [4.78, 5) is 22.6. The second-order valence-electron chi connectivity index (χ2n) is 4.90.